The van der Waals surface area contributed by atoms with Gasteiger partial charge in [-0.1, -0.05) is 48.5 Å². The Balaban J connectivity index is 1.90. The number of amides is 1. The Labute approximate surface area is 158 Å². The lowest BCUT2D eigenvalue weighted by atomic mass is 10.1. The maximum atomic E-state index is 12.9. The molecule has 2 aromatic carbocycles. The van der Waals surface area contributed by atoms with E-state index in [9.17, 15) is 9.59 Å². The zero-order chi connectivity index (χ0) is 19.4. The Morgan fingerprint density at radius 2 is 1.70 bits per heavy atom. The van der Waals surface area contributed by atoms with Crippen LogP contribution in [-0.4, -0.2) is 41.2 Å². The number of likely N-dealkylation sites (N-methyl/N-ethyl adjacent to an activating group) is 1. The van der Waals surface area contributed by atoms with Gasteiger partial charge in [0.15, 0.2) is 5.69 Å². The summed E-state index contributed by atoms with van der Waals surface area (Å²) < 4.78 is 1.33. The molecule has 0 bridgehead atoms. The van der Waals surface area contributed by atoms with E-state index in [0.717, 1.165) is 5.56 Å². The summed E-state index contributed by atoms with van der Waals surface area (Å²) in [5.41, 5.74) is 1.22. The number of hydrogen-bond acceptors (Lipinski definition) is 4. The third-order valence-corrected chi connectivity index (χ3v) is 4.65. The van der Waals surface area contributed by atoms with E-state index in [1.165, 1.54) is 4.68 Å². The fourth-order valence-electron chi connectivity index (χ4n) is 3.16. The molecule has 0 aliphatic carbocycles. The van der Waals surface area contributed by atoms with Crippen molar-refractivity contribution >= 4 is 16.7 Å². The van der Waals surface area contributed by atoms with Crippen LogP contribution in [0, 0.1) is 0 Å². The van der Waals surface area contributed by atoms with Gasteiger partial charge in [0.25, 0.3) is 11.5 Å². The highest BCUT2D eigenvalue weighted by molar-refractivity contribution is 6.04. The van der Waals surface area contributed by atoms with Gasteiger partial charge in [0.1, 0.15) is 0 Å². The van der Waals surface area contributed by atoms with E-state index in [0.29, 0.717) is 23.9 Å². The molecule has 1 atom stereocenters. The van der Waals surface area contributed by atoms with Crippen LogP contribution in [-0.2, 0) is 6.54 Å². The second-order valence-electron chi connectivity index (χ2n) is 6.62. The number of nitrogens with zero attached hydrogens (tertiary/aromatic N) is 3. The molecule has 0 spiro atoms. The van der Waals surface area contributed by atoms with Crippen LogP contribution in [0.3, 0.4) is 0 Å². The smallest absolute Gasteiger partial charge is 0.274 e. The first-order valence-corrected chi connectivity index (χ1v) is 9.02. The molecule has 0 radical (unpaired) electrons. The van der Waals surface area contributed by atoms with Crippen molar-refractivity contribution in [2.45, 2.75) is 19.5 Å². The molecule has 1 amide bonds. The van der Waals surface area contributed by atoms with E-state index in [1.54, 1.807) is 18.2 Å². The number of rotatable bonds is 6. The SMILES string of the molecule is CCn1nc(C(=O)NCC(c2ccccc2)N(C)C)c2ccccc2c1=O. The maximum absolute atomic E-state index is 12.9. The van der Waals surface area contributed by atoms with E-state index in [-0.39, 0.29) is 23.2 Å². The van der Waals surface area contributed by atoms with Gasteiger partial charge >= 0.3 is 0 Å². The fraction of sp³-hybridized carbons (Fsp3) is 0.286. The van der Waals surface area contributed by atoms with Crippen LogP contribution in [0.5, 0.6) is 0 Å². The van der Waals surface area contributed by atoms with Gasteiger partial charge < -0.3 is 10.2 Å². The lowest BCUT2D eigenvalue weighted by Gasteiger charge is -2.25. The molecule has 6 nitrogen and oxygen atoms in total. The number of nitrogens with one attached hydrogen (secondary N) is 1. The first-order valence-electron chi connectivity index (χ1n) is 9.02. The number of carbonyl (C=O) groups is 1. The number of hydrogen-bond donors (Lipinski definition) is 1. The highest BCUT2D eigenvalue weighted by Crippen LogP contribution is 2.18. The molecule has 0 fully saturated rings. The minimum absolute atomic E-state index is 0.0403. The summed E-state index contributed by atoms with van der Waals surface area (Å²) in [7, 11) is 3.96. The molecule has 1 N–H and O–H groups in total. The zero-order valence-corrected chi connectivity index (χ0v) is 15.8. The van der Waals surface area contributed by atoms with Crippen LogP contribution < -0.4 is 10.9 Å². The predicted molar refractivity (Wildman–Crippen MR) is 107 cm³/mol. The summed E-state index contributed by atoms with van der Waals surface area (Å²) in [6.45, 7) is 2.69. The van der Waals surface area contributed by atoms with Gasteiger partial charge in [0.2, 0.25) is 0 Å². The van der Waals surface area contributed by atoms with E-state index in [2.05, 4.69) is 15.3 Å². The summed E-state index contributed by atoms with van der Waals surface area (Å²) in [5.74, 6) is -0.281. The standard InChI is InChI=1S/C21H24N4O2/c1-4-25-21(27)17-13-9-8-12-16(17)19(23-25)20(26)22-14-18(24(2)3)15-10-6-5-7-11-15/h5-13,18H,4,14H2,1-3H3,(H,22,26). The zero-order valence-electron chi connectivity index (χ0n) is 15.8. The van der Waals surface area contributed by atoms with E-state index in [1.807, 2.05) is 57.4 Å². The first kappa shape index (κ1) is 18.8. The minimum Gasteiger partial charge on any atom is -0.349 e. The number of carbonyl (C=O) groups excluding carboxylic acids is 1. The Morgan fingerprint density at radius 1 is 1.07 bits per heavy atom. The average molecular weight is 364 g/mol. The van der Waals surface area contributed by atoms with Crippen molar-refractivity contribution in [3.8, 4) is 0 Å². The molecule has 27 heavy (non-hydrogen) atoms. The minimum atomic E-state index is -0.281. The topological polar surface area (TPSA) is 67.2 Å². The van der Waals surface area contributed by atoms with Crippen molar-refractivity contribution in [2.75, 3.05) is 20.6 Å². The summed E-state index contributed by atoms with van der Waals surface area (Å²) in [4.78, 5) is 27.4. The van der Waals surface area contributed by atoms with Crippen LogP contribution >= 0.6 is 0 Å². The maximum Gasteiger partial charge on any atom is 0.274 e. The second kappa shape index (κ2) is 8.14. The fourth-order valence-corrected chi connectivity index (χ4v) is 3.16. The van der Waals surface area contributed by atoms with Gasteiger partial charge in [-0.25, -0.2) is 4.68 Å². The molecular weight excluding hydrogens is 340 g/mol. The van der Waals surface area contributed by atoms with Crippen molar-refractivity contribution < 1.29 is 4.79 Å². The highest BCUT2D eigenvalue weighted by atomic mass is 16.2. The number of fused-ring (bicyclic) bond motifs is 1. The molecule has 1 unspecified atom stereocenters. The quantitative estimate of drug-likeness (QED) is 0.730. The summed E-state index contributed by atoms with van der Waals surface area (Å²) in [5, 5.41) is 8.36. The number of aryl methyl sites for hydroxylation is 1. The molecule has 6 heteroatoms. The van der Waals surface area contributed by atoms with Crippen molar-refractivity contribution in [3.05, 3.63) is 76.2 Å². The average Bonchev–Trinajstić information content (AvgIpc) is 2.69. The van der Waals surface area contributed by atoms with Gasteiger partial charge in [-0.3, -0.25) is 9.59 Å². The van der Waals surface area contributed by atoms with E-state index >= 15 is 0 Å². The van der Waals surface area contributed by atoms with Crippen LogP contribution in [0.2, 0.25) is 0 Å². The monoisotopic (exact) mass is 364 g/mol. The van der Waals surface area contributed by atoms with Crippen LogP contribution in [0.1, 0.15) is 29.0 Å². The molecule has 1 aromatic heterocycles. The molecule has 0 saturated carbocycles. The largest absolute Gasteiger partial charge is 0.349 e. The summed E-state index contributed by atoms with van der Waals surface area (Å²) >= 11 is 0. The van der Waals surface area contributed by atoms with Gasteiger partial charge in [0.05, 0.1) is 11.4 Å². The lowest BCUT2D eigenvalue weighted by molar-refractivity contribution is 0.0936. The molecule has 0 saturated heterocycles. The Bertz CT molecular complexity index is 996. The molecule has 1 heterocycles. The molecule has 0 aliphatic heterocycles. The number of aromatic nitrogens is 2. The first-order chi connectivity index (χ1) is 13.0. The molecule has 140 valence electrons. The summed E-state index contributed by atoms with van der Waals surface area (Å²) in [6.07, 6.45) is 0. The second-order valence-corrected chi connectivity index (χ2v) is 6.62. The van der Waals surface area contributed by atoms with E-state index < -0.39 is 0 Å². The van der Waals surface area contributed by atoms with Crippen LogP contribution in [0.25, 0.3) is 10.8 Å². The normalized spacial score (nSPS) is 12.3. The van der Waals surface area contributed by atoms with Crippen molar-refractivity contribution in [1.82, 2.24) is 20.0 Å². The molecule has 0 aliphatic rings. The van der Waals surface area contributed by atoms with Gasteiger partial charge in [-0.15, -0.1) is 0 Å². The third kappa shape index (κ3) is 3.90. The van der Waals surface area contributed by atoms with Gasteiger partial charge in [-0.2, -0.15) is 5.10 Å². The lowest BCUT2D eigenvalue weighted by Crippen LogP contribution is -2.36. The Hall–Kier alpha value is -2.99. The Kier molecular flexibility index (Phi) is 5.66. The van der Waals surface area contributed by atoms with Crippen LogP contribution in [0.15, 0.2) is 59.4 Å². The number of benzene rings is 2. The molecule has 3 aromatic rings. The summed E-state index contributed by atoms with van der Waals surface area (Å²) in [6, 6.07) is 17.2. The van der Waals surface area contributed by atoms with Crippen molar-refractivity contribution in [1.29, 1.82) is 0 Å². The predicted octanol–water partition coefficient (Wildman–Crippen LogP) is 2.45. The highest BCUT2D eigenvalue weighted by Gasteiger charge is 2.19. The molecular formula is C21H24N4O2. The van der Waals surface area contributed by atoms with Crippen molar-refractivity contribution in [2.24, 2.45) is 0 Å². The van der Waals surface area contributed by atoms with Gasteiger partial charge in [-0.05, 0) is 32.6 Å². The van der Waals surface area contributed by atoms with E-state index in [4.69, 9.17) is 0 Å². The van der Waals surface area contributed by atoms with Gasteiger partial charge in [0, 0.05) is 18.5 Å². The Morgan fingerprint density at radius 3 is 2.33 bits per heavy atom. The third-order valence-electron chi connectivity index (χ3n) is 4.65. The van der Waals surface area contributed by atoms with Crippen molar-refractivity contribution in [3.63, 3.8) is 0 Å². The molecule has 3 rings (SSSR count). The van der Waals surface area contributed by atoms with Crippen LogP contribution in [0.4, 0.5) is 0 Å².